The Bertz CT molecular complexity index is 556. The highest BCUT2D eigenvalue weighted by Crippen LogP contribution is 2.31. The lowest BCUT2D eigenvalue weighted by Crippen LogP contribution is -2.49. The van der Waals surface area contributed by atoms with Gasteiger partial charge < -0.3 is 16.4 Å². The van der Waals surface area contributed by atoms with Crippen molar-refractivity contribution in [1.82, 2.24) is 5.32 Å². The lowest BCUT2D eigenvalue weighted by molar-refractivity contribution is -0.113. The van der Waals surface area contributed by atoms with Gasteiger partial charge in [0.05, 0.1) is 11.4 Å². The molecule has 114 valence electrons. The summed E-state index contributed by atoms with van der Waals surface area (Å²) in [7, 11) is 0. The second kappa shape index (κ2) is 6.49. The van der Waals surface area contributed by atoms with Crippen LogP contribution in [0.3, 0.4) is 0 Å². The molecule has 0 spiro atoms. The van der Waals surface area contributed by atoms with E-state index in [0.29, 0.717) is 23.5 Å². The molecule has 1 heterocycles. The van der Waals surface area contributed by atoms with E-state index in [1.807, 2.05) is 19.9 Å². The van der Waals surface area contributed by atoms with E-state index in [1.165, 1.54) is 11.8 Å². The summed E-state index contributed by atoms with van der Waals surface area (Å²) in [5.74, 6) is 0.212. The second-order valence-corrected chi connectivity index (χ2v) is 6.32. The van der Waals surface area contributed by atoms with E-state index in [4.69, 9.17) is 5.73 Å². The molecule has 0 bridgehead atoms. The van der Waals surface area contributed by atoms with E-state index in [9.17, 15) is 9.59 Å². The minimum absolute atomic E-state index is 0.0389. The number of carbonyl (C=O) groups excluding carboxylic acids is 2. The molecular weight excluding hydrogens is 286 g/mol. The van der Waals surface area contributed by atoms with E-state index in [0.717, 1.165) is 17.7 Å². The average molecular weight is 307 g/mol. The molecule has 1 aromatic carbocycles. The first-order valence-corrected chi connectivity index (χ1v) is 8.10. The van der Waals surface area contributed by atoms with Crippen LogP contribution in [0.5, 0.6) is 0 Å². The smallest absolute Gasteiger partial charge is 0.251 e. The summed E-state index contributed by atoms with van der Waals surface area (Å²) < 4.78 is 0. The molecule has 2 amide bonds. The zero-order chi connectivity index (χ0) is 15.5. The molecule has 0 aliphatic carbocycles. The van der Waals surface area contributed by atoms with Gasteiger partial charge in [-0.1, -0.05) is 13.8 Å². The maximum absolute atomic E-state index is 12.2. The van der Waals surface area contributed by atoms with Crippen LogP contribution in [-0.4, -0.2) is 29.7 Å². The zero-order valence-electron chi connectivity index (χ0n) is 12.4. The van der Waals surface area contributed by atoms with Crippen LogP contribution in [0.1, 0.15) is 37.0 Å². The standard InChI is InChI=1S/C15H21N3O2S/c1-3-15(16,4-2)9-17-14(20)10-5-6-12-11(7-10)18-13(19)8-21-12/h5-7H,3-4,8-9,16H2,1-2H3,(H,17,20)(H,18,19). The van der Waals surface area contributed by atoms with E-state index in [2.05, 4.69) is 10.6 Å². The molecule has 1 aromatic rings. The maximum Gasteiger partial charge on any atom is 0.251 e. The second-order valence-electron chi connectivity index (χ2n) is 5.30. The van der Waals surface area contributed by atoms with Crippen molar-refractivity contribution in [2.24, 2.45) is 5.73 Å². The van der Waals surface area contributed by atoms with Crippen molar-refractivity contribution in [3.8, 4) is 0 Å². The molecule has 0 fully saturated rings. The van der Waals surface area contributed by atoms with Crippen molar-refractivity contribution < 1.29 is 9.59 Å². The van der Waals surface area contributed by atoms with E-state index in [1.54, 1.807) is 12.1 Å². The summed E-state index contributed by atoms with van der Waals surface area (Å²) in [6.07, 6.45) is 1.61. The van der Waals surface area contributed by atoms with Gasteiger partial charge in [-0.15, -0.1) is 11.8 Å². The van der Waals surface area contributed by atoms with E-state index in [-0.39, 0.29) is 17.4 Å². The molecule has 1 aliphatic rings. The van der Waals surface area contributed by atoms with Crippen molar-refractivity contribution in [2.75, 3.05) is 17.6 Å². The number of anilines is 1. The van der Waals surface area contributed by atoms with Gasteiger partial charge in [-0.05, 0) is 31.0 Å². The van der Waals surface area contributed by atoms with Crippen molar-refractivity contribution in [2.45, 2.75) is 37.1 Å². The summed E-state index contributed by atoms with van der Waals surface area (Å²) in [5, 5.41) is 5.66. The minimum atomic E-state index is -0.367. The highest BCUT2D eigenvalue weighted by Gasteiger charge is 2.22. The largest absolute Gasteiger partial charge is 0.350 e. The molecule has 0 saturated carbocycles. The van der Waals surface area contributed by atoms with Gasteiger partial charge >= 0.3 is 0 Å². The lowest BCUT2D eigenvalue weighted by atomic mass is 9.94. The number of nitrogens with two attached hydrogens (primary N) is 1. The van der Waals surface area contributed by atoms with Crippen LogP contribution in [0.25, 0.3) is 0 Å². The van der Waals surface area contributed by atoms with Crippen LogP contribution in [0.15, 0.2) is 23.1 Å². The van der Waals surface area contributed by atoms with Crippen molar-refractivity contribution in [3.63, 3.8) is 0 Å². The Labute approximate surface area is 129 Å². The van der Waals surface area contributed by atoms with Gasteiger partial charge in [0, 0.05) is 22.5 Å². The molecule has 0 saturated heterocycles. The van der Waals surface area contributed by atoms with E-state index < -0.39 is 0 Å². The zero-order valence-corrected chi connectivity index (χ0v) is 13.2. The SMILES string of the molecule is CCC(N)(CC)CNC(=O)c1ccc2c(c1)NC(=O)CS2. The van der Waals surface area contributed by atoms with E-state index >= 15 is 0 Å². The van der Waals surface area contributed by atoms with Crippen molar-refractivity contribution in [1.29, 1.82) is 0 Å². The minimum Gasteiger partial charge on any atom is -0.350 e. The quantitative estimate of drug-likeness (QED) is 0.776. The van der Waals surface area contributed by atoms with Crippen molar-refractivity contribution >= 4 is 29.3 Å². The Morgan fingerprint density at radius 2 is 2.14 bits per heavy atom. The Morgan fingerprint density at radius 1 is 1.43 bits per heavy atom. The predicted molar refractivity (Wildman–Crippen MR) is 85.6 cm³/mol. The fourth-order valence-electron chi connectivity index (χ4n) is 2.08. The average Bonchev–Trinajstić information content (AvgIpc) is 2.51. The number of nitrogens with one attached hydrogen (secondary N) is 2. The first kappa shape index (κ1) is 15.9. The normalized spacial score (nSPS) is 14.3. The van der Waals surface area contributed by atoms with Crippen LogP contribution in [-0.2, 0) is 4.79 Å². The Hall–Kier alpha value is -1.53. The summed E-state index contributed by atoms with van der Waals surface area (Å²) in [6, 6.07) is 5.35. The molecule has 0 aromatic heterocycles. The van der Waals surface area contributed by atoms with Crippen molar-refractivity contribution in [3.05, 3.63) is 23.8 Å². The van der Waals surface area contributed by atoms with Gasteiger partial charge in [-0.2, -0.15) is 0 Å². The third-order valence-electron chi connectivity index (χ3n) is 3.88. The van der Waals surface area contributed by atoms with Crippen LogP contribution in [0.2, 0.25) is 0 Å². The molecule has 0 radical (unpaired) electrons. The topological polar surface area (TPSA) is 84.2 Å². The Kier molecular flexibility index (Phi) is 4.90. The molecule has 5 nitrogen and oxygen atoms in total. The Balaban J connectivity index is 2.06. The highest BCUT2D eigenvalue weighted by molar-refractivity contribution is 8.00. The molecule has 4 N–H and O–H groups in total. The molecule has 0 unspecified atom stereocenters. The molecule has 2 rings (SSSR count). The van der Waals surface area contributed by atoms with Gasteiger partial charge in [0.15, 0.2) is 0 Å². The summed E-state index contributed by atoms with van der Waals surface area (Å²) in [5.41, 5.74) is 7.05. The molecule has 6 heteroatoms. The molecule has 1 aliphatic heterocycles. The third-order valence-corrected chi connectivity index (χ3v) is 4.96. The number of benzene rings is 1. The summed E-state index contributed by atoms with van der Waals surface area (Å²) >= 11 is 1.48. The van der Waals surface area contributed by atoms with Gasteiger partial charge in [0.25, 0.3) is 5.91 Å². The van der Waals surface area contributed by atoms with Gasteiger partial charge in [-0.3, -0.25) is 9.59 Å². The van der Waals surface area contributed by atoms with Crippen LogP contribution in [0, 0.1) is 0 Å². The number of thioether (sulfide) groups is 1. The first-order valence-electron chi connectivity index (χ1n) is 7.11. The first-order chi connectivity index (χ1) is 9.97. The number of hydrogen-bond donors (Lipinski definition) is 3. The fourth-order valence-corrected chi connectivity index (χ4v) is 2.87. The molecule has 21 heavy (non-hydrogen) atoms. The highest BCUT2D eigenvalue weighted by atomic mass is 32.2. The number of rotatable bonds is 5. The summed E-state index contributed by atoms with van der Waals surface area (Å²) in [6.45, 7) is 4.47. The number of amides is 2. The van der Waals surface area contributed by atoms with Gasteiger partial charge in [-0.25, -0.2) is 0 Å². The van der Waals surface area contributed by atoms with Crippen LogP contribution < -0.4 is 16.4 Å². The maximum atomic E-state index is 12.2. The summed E-state index contributed by atoms with van der Waals surface area (Å²) in [4.78, 5) is 24.6. The fraction of sp³-hybridized carbons (Fsp3) is 0.467. The van der Waals surface area contributed by atoms with Crippen LogP contribution >= 0.6 is 11.8 Å². The van der Waals surface area contributed by atoms with Gasteiger partial charge in [0.2, 0.25) is 5.91 Å². The predicted octanol–water partition coefficient (Wildman–Crippen LogP) is 1.98. The Morgan fingerprint density at radius 3 is 2.81 bits per heavy atom. The number of carbonyl (C=O) groups is 2. The van der Waals surface area contributed by atoms with Gasteiger partial charge in [0.1, 0.15) is 0 Å². The number of hydrogen-bond acceptors (Lipinski definition) is 4. The lowest BCUT2D eigenvalue weighted by Gasteiger charge is -2.27. The third kappa shape index (κ3) is 3.77. The molecule has 0 atom stereocenters. The monoisotopic (exact) mass is 307 g/mol. The van der Waals surface area contributed by atoms with Crippen LogP contribution in [0.4, 0.5) is 5.69 Å². The molecular formula is C15H21N3O2S. The number of fused-ring (bicyclic) bond motifs is 1.